The minimum atomic E-state index is -3.44. The quantitative estimate of drug-likeness (QED) is 0.630. The minimum Gasteiger partial charge on any atom is -0.325 e. The van der Waals surface area contributed by atoms with Gasteiger partial charge >= 0.3 is 0 Å². The van der Waals surface area contributed by atoms with Gasteiger partial charge in [0.25, 0.3) is 0 Å². The summed E-state index contributed by atoms with van der Waals surface area (Å²) in [6, 6.07) is 3.33. The van der Waals surface area contributed by atoms with Gasteiger partial charge in [0.15, 0.2) is 9.84 Å². The molecule has 2 fully saturated rings. The topological polar surface area (TPSA) is 76.1 Å². The standard InChI is InChI=1S/C19H21ClN2O3S3/c1-11(23)22-14-8-9-15(28(24,25)13-6-7-13)17(19-21-10-16(20)27-19)18(14)26-12-4-2-3-5-12/h8-10,12-13H,2-7H2,1H3,(H,22,23). The number of amides is 1. The van der Waals surface area contributed by atoms with E-state index < -0.39 is 9.84 Å². The Balaban J connectivity index is 1.92. The van der Waals surface area contributed by atoms with Gasteiger partial charge in [-0.3, -0.25) is 4.79 Å². The third-order valence-corrected chi connectivity index (χ3v) is 9.88. The molecule has 150 valence electrons. The van der Waals surface area contributed by atoms with Crippen LogP contribution in [-0.2, 0) is 14.6 Å². The van der Waals surface area contributed by atoms with Crippen molar-refractivity contribution in [1.29, 1.82) is 0 Å². The molecule has 1 aromatic carbocycles. The van der Waals surface area contributed by atoms with E-state index in [2.05, 4.69) is 10.3 Å². The zero-order chi connectivity index (χ0) is 19.9. The van der Waals surface area contributed by atoms with Gasteiger partial charge in [-0.05, 0) is 37.8 Å². The number of hydrogen-bond donors (Lipinski definition) is 1. The van der Waals surface area contributed by atoms with E-state index in [4.69, 9.17) is 11.6 Å². The molecule has 0 unspecified atom stereocenters. The van der Waals surface area contributed by atoms with Crippen molar-refractivity contribution in [2.75, 3.05) is 5.32 Å². The van der Waals surface area contributed by atoms with E-state index in [1.807, 2.05) is 0 Å². The predicted molar refractivity (Wildman–Crippen MR) is 115 cm³/mol. The highest BCUT2D eigenvalue weighted by molar-refractivity contribution is 8.00. The van der Waals surface area contributed by atoms with Crippen LogP contribution in [-0.4, -0.2) is 29.8 Å². The van der Waals surface area contributed by atoms with Crippen molar-refractivity contribution in [1.82, 2.24) is 4.98 Å². The number of sulfone groups is 1. The molecule has 1 heterocycles. The first-order valence-electron chi connectivity index (χ1n) is 9.33. The molecule has 0 atom stereocenters. The van der Waals surface area contributed by atoms with Crippen LogP contribution in [0, 0.1) is 0 Å². The van der Waals surface area contributed by atoms with Crippen LogP contribution in [0.4, 0.5) is 5.69 Å². The summed E-state index contributed by atoms with van der Waals surface area (Å²) in [7, 11) is -3.44. The number of benzene rings is 1. The molecule has 2 aromatic rings. The van der Waals surface area contributed by atoms with Gasteiger partial charge in [-0.15, -0.1) is 23.1 Å². The number of nitrogens with one attached hydrogen (secondary N) is 1. The Morgan fingerprint density at radius 2 is 1.96 bits per heavy atom. The maximum atomic E-state index is 13.2. The van der Waals surface area contributed by atoms with E-state index in [-0.39, 0.29) is 11.2 Å². The van der Waals surface area contributed by atoms with E-state index in [0.29, 0.717) is 43.6 Å². The fraction of sp³-hybridized carbons (Fsp3) is 0.474. The van der Waals surface area contributed by atoms with E-state index in [1.165, 1.54) is 31.1 Å². The molecule has 0 aliphatic heterocycles. The molecule has 4 rings (SSSR count). The Morgan fingerprint density at radius 1 is 1.25 bits per heavy atom. The van der Waals surface area contributed by atoms with E-state index >= 15 is 0 Å². The molecule has 2 aliphatic rings. The van der Waals surface area contributed by atoms with Gasteiger partial charge < -0.3 is 5.32 Å². The molecule has 0 spiro atoms. The van der Waals surface area contributed by atoms with Gasteiger partial charge in [0.05, 0.1) is 22.0 Å². The van der Waals surface area contributed by atoms with Crippen LogP contribution in [0.15, 0.2) is 28.1 Å². The van der Waals surface area contributed by atoms with Crippen LogP contribution in [0.2, 0.25) is 4.34 Å². The largest absolute Gasteiger partial charge is 0.325 e. The number of anilines is 1. The fourth-order valence-corrected chi connectivity index (χ4v) is 8.02. The Labute approximate surface area is 178 Å². The van der Waals surface area contributed by atoms with Crippen LogP contribution >= 0.6 is 34.7 Å². The zero-order valence-electron chi connectivity index (χ0n) is 15.4. The van der Waals surface area contributed by atoms with E-state index in [0.717, 1.165) is 17.7 Å². The van der Waals surface area contributed by atoms with Gasteiger partial charge in [0.2, 0.25) is 5.91 Å². The van der Waals surface area contributed by atoms with Crippen molar-refractivity contribution < 1.29 is 13.2 Å². The molecule has 9 heteroatoms. The number of nitrogens with zero attached hydrogens (tertiary/aromatic N) is 1. The van der Waals surface area contributed by atoms with Crippen molar-refractivity contribution in [3.8, 4) is 10.6 Å². The molecule has 2 saturated carbocycles. The first-order chi connectivity index (χ1) is 13.4. The van der Waals surface area contributed by atoms with Gasteiger partial charge in [0.1, 0.15) is 9.34 Å². The Bertz CT molecular complexity index is 1010. The molecule has 0 bridgehead atoms. The fourth-order valence-electron chi connectivity index (χ4n) is 3.52. The lowest BCUT2D eigenvalue weighted by molar-refractivity contribution is -0.114. The van der Waals surface area contributed by atoms with Gasteiger partial charge in [-0.25, -0.2) is 13.4 Å². The van der Waals surface area contributed by atoms with Crippen molar-refractivity contribution >= 4 is 56.1 Å². The number of carbonyl (C=O) groups is 1. The molecule has 2 aliphatic carbocycles. The van der Waals surface area contributed by atoms with Crippen LogP contribution in [0.3, 0.4) is 0 Å². The summed E-state index contributed by atoms with van der Waals surface area (Å²) in [5.41, 5.74) is 1.23. The maximum absolute atomic E-state index is 13.2. The molecule has 1 amide bonds. The van der Waals surface area contributed by atoms with E-state index in [1.54, 1.807) is 30.1 Å². The lowest BCUT2D eigenvalue weighted by atomic mass is 10.2. The monoisotopic (exact) mass is 456 g/mol. The van der Waals surface area contributed by atoms with Crippen LogP contribution in [0.5, 0.6) is 0 Å². The molecule has 1 aromatic heterocycles. The van der Waals surface area contributed by atoms with Crippen molar-refractivity contribution in [2.24, 2.45) is 0 Å². The smallest absolute Gasteiger partial charge is 0.221 e. The normalized spacial score (nSPS) is 17.8. The summed E-state index contributed by atoms with van der Waals surface area (Å²) < 4.78 is 26.8. The molecule has 0 saturated heterocycles. The first kappa shape index (κ1) is 20.2. The molecule has 5 nitrogen and oxygen atoms in total. The molecule has 1 N–H and O–H groups in total. The summed E-state index contributed by atoms with van der Waals surface area (Å²) in [4.78, 5) is 17.3. The highest BCUT2D eigenvalue weighted by Gasteiger charge is 2.40. The van der Waals surface area contributed by atoms with Gasteiger partial charge in [-0.2, -0.15) is 0 Å². The zero-order valence-corrected chi connectivity index (χ0v) is 18.6. The average molecular weight is 457 g/mol. The van der Waals surface area contributed by atoms with Gasteiger partial charge in [-0.1, -0.05) is 24.4 Å². The van der Waals surface area contributed by atoms with Crippen LogP contribution < -0.4 is 5.32 Å². The van der Waals surface area contributed by atoms with Crippen molar-refractivity contribution in [2.45, 2.75) is 65.7 Å². The Hall–Kier alpha value is -1.09. The third kappa shape index (κ3) is 4.10. The lowest BCUT2D eigenvalue weighted by Crippen LogP contribution is -2.13. The SMILES string of the molecule is CC(=O)Nc1ccc(S(=O)(=O)C2CC2)c(-c2ncc(Cl)s2)c1SC1CCCC1. The summed E-state index contributed by atoms with van der Waals surface area (Å²) >= 11 is 9.05. The number of halogens is 1. The van der Waals surface area contributed by atoms with E-state index in [9.17, 15) is 13.2 Å². The molecule has 0 radical (unpaired) electrons. The molecular formula is C19H21ClN2O3S3. The summed E-state index contributed by atoms with van der Waals surface area (Å²) in [6.45, 7) is 1.46. The summed E-state index contributed by atoms with van der Waals surface area (Å²) in [5, 5.41) is 3.54. The predicted octanol–water partition coefficient (Wildman–Crippen LogP) is 5.39. The number of hydrogen-bond acceptors (Lipinski definition) is 6. The number of aromatic nitrogens is 1. The third-order valence-electron chi connectivity index (χ3n) is 4.98. The number of rotatable bonds is 6. The number of carbonyl (C=O) groups excluding carboxylic acids is 1. The average Bonchev–Trinajstić information content (AvgIpc) is 3.23. The lowest BCUT2D eigenvalue weighted by Gasteiger charge is -2.20. The Kier molecular flexibility index (Phi) is 5.75. The molecular weight excluding hydrogens is 436 g/mol. The summed E-state index contributed by atoms with van der Waals surface area (Å²) in [6.07, 6.45) is 7.45. The highest BCUT2D eigenvalue weighted by Crippen LogP contribution is 2.49. The highest BCUT2D eigenvalue weighted by atomic mass is 35.5. The maximum Gasteiger partial charge on any atom is 0.221 e. The number of thiazole rings is 1. The van der Waals surface area contributed by atoms with Crippen LogP contribution in [0.1, 0.15) is 45.4 Å². The van der Waals surface area contributed by atoms with Crippen molar-refractivity contribution in [3.63, 3.8) is 0 Å². The minimum absolute atomic E-state index is 0.186. The van der Waals surface area contributed by atoms with Gasteiger partial charge in [0, 0.05) is 22.6 Å². The molecule has 28 heavy (non-hydrogen) atoms. The Morgan fingerprint density at radius 3 is 2.54 bits per heavy atom. The van der Waals surface area contributed by atoms with Crippen molar-refractivity contribution in [3.05, 3.63) is 22.7 Å². The summed E-state index contributed by atoms with van der Waals surface area (Å²) in [5.74, 6) is -0.186. The second-order valence-corrected chi connectivity index (χ2v) is 12.4. The first-order valence-corrected chi connectivity index (χ1v) is 12.9. The number of thioether (sulfide) groups is 1. The second kappa shape index (κ2) is 7.97. The van der Waals surface area contributed by atoms with Crippen LogP contribution in [0.25, 0.3) is 10.6 Å². The second-order valence-electron chi connectivity index (χ2n) is 7.23.